The van der Waals surface area contributed by atoms with Crippen molar-refractivity contribution in [2.75, 3.05) is 41.2 Å². The Morgan fingerprint density at radius 2 is 1.03 bits per heavy atom. The van der Waals surface area contributed by atoms with E-state index in [2.05, 4.69) is 23.3 Å². The molecule has 15 N–H and O–H groups in total. The molecule has 20 atom stereocenters. The molecule has 86 heavy (non-hydrogen) atoms. The summed E-state index contributed by atoms with van der Waals surface area (Å²) in [6.45, 7) is 3.18. The van der Waals surface area contributed by atoms with Crippen molar-refractivity contribution >= 4 is 84.5 Å². The number of carboxylic acid groups (broad SMARTS) is 2. The van der Waals surface area contributed by atoms with Crippen LogP contribution in [0.3, 0.4) is 0 Å². The van der Waals surface area contributed by atoms with Gasteiger partial charge in [-0.25, -0.2) is 31.1 Å². The molecule has 0 unspecified atom stereocenters. The number of carbonyl (C=O) groups is 4. The third-order valence-corrected chi connectivity index (χ3v) is 17.1. The van der Waals surface area contributed by atoms with E-state index in [1.54, 1.807) is 28.3 Å². The zero-order valence-electron chi connectivity index (χ0n) is 44.5. The Bertz CT molecular complexity index is 2890. The van der Waals surface area contributed by atoms with Gasteiger partial charge in [-0.05, 0) is 13.3 Å². The zero-order valence-corrected chi connectivity index (χ0v) is 49.6. The fourth-order valence-corrected chi connectivity index (χ4v) is 12.3. The number of hydrogen-bond acceptors (Lipinski definition) is 35. The van der Waals surface area contributed by atoms with Crippen LogP contribution in [0.1, 0.15) is 20.3 Å². The Morgan fingerprint density at radius 1 is 0.558 bits per heavy atom. The standard InChI is InChI=1S/C26H42N2O37S5.C10H20O5Si/c1-4(30)27-7-9(31)13(6(56-23(7)39)3-55-67(43,44)45)58-26-19(65-70(52,53)54)12(34)16(20(62-26)22(37)38)60-24-8(28-66(40,41)42)15(63-68(46,47)48)14(5(2-29)57-24)59-25-18(64-69(49,50)51)11(33)10(32)17(61-25)21(35)36;1-9(2)10(11)15-7-6-8-16(12-3,13-4)14-5/h5-20,23-26,28-29,31-34,39H,2-3H2,1H3,(H,27,30)(H,35,36)(H,37,38)(H,40,41,42)(H,43,44,45)(H,46,47,48)(H,49,50,51)(H,52,53,54);1,6-8H2,2-5H3/t5-,6+,7-,8-,9-,10-,11-,12+,13-,14-,15-,16+,17-,18+,19-,20+,23-,24+,25+,26-;/m1./s1. The van der Waals surface area contributed by atoms with Gasteiger partial charge in [0.05, 0.1) is 19.8 Å². The summed E-state index contributed by atoms with van der Waals surface area (Å²) < 4.78 is 243. The van der Waals surface area contributed by atoms with E-state index in [0.717, 1.165) is 6.92 Å². The molecule has 0 aromatic heterocycles. The Balaban J connectivity index is 0.00000105. The van der Waals surface area contributed by atoms with Gasteiger partial charge in [0, 0.05) is 39.9 Å². The lowest BCUT2D eigenvalue weighted by Gasteiger charge is -2.50. The van der Waals surface area contributed by atoms with Crippen molar-refractivity contribution in [1.82, 2.24) is 10.0 Å². The maximum Gasteiger partial charge on any atom is 0.500 e. The lowest BCUT2D eigenvalue weighted by Crippen LogP contribution is -2.71. The van der Waals surface area contributed by atoms with Crippen LogP contribution in [0.4, 0.5) is 0 Å². The van der Waals surface area contributed by atoms with Crippen molar-refractivity contribution in [3.8, 4) is 0 Å². The lowest BCUT2D eigenvalue weighted by atomic mass is 9.94. The quantitative estimate of drug-likeness (QED) is 0.0109. The number of aliphatic carboxylic acids is 2. The molecule has 0 spiro atoms. The van der Waals surface area contributed by atoms with Crippen molar-refractivity contribution < 1.29 is 193 Å². The van der Waals surface area contributed by atoms with Crippen LogP contribution < -0.4 is 10.0 Å². The minimum atomic E-state index is -6.09. The first-order valence-corrected chi connectivity index (χ1v) is 32.3. The van der Waals surface area contributed by atoms with Crippen molar-refractivity contribution in [3.63, 3.8) is 0 Å². The van der Waals surface area contributed by atoms with E-state index < -0.39 is 214 Å². The van der Waals surface area contributed by atoms with Gasteiger partial charge in [-0.3, -0.25) is 27.6 Å². The fourth-order valence-electron chi connectivity index (χ4n) is 8.18. The maximum absolute atomic E-state index is 12.7. The number of rotatable bonds is 29. The number of carbonyl (C=O) groups excluding carboxylic acids is 2. The lowest BCUT2D eigenvalue weighted by molar-refractivity contribution is -0.366. The number of amides is 1. The van der Waals surface area contributed by atoms with Gasteiger partial charge in [-0.15, -0.1) is 0 Å². The molecule has 4 rings (SSSR count). The highest BCUT2D eigenvalue weighted by atomic mass is 32.3. The average Bonchev–Trinajstić information content (AvgIpc) is 0.864. The topological polar surface area (TPSA) is 664 Å². The highest BCUT2D eigenvalue weighted by Crippen LogP contribution is 2.37. The van der Waals surface area contributed by atoms with E-state index in [1.165, 1.54) is 4.72 Å². The molecule has 0 bridgehead atoms. The van der Waals surface area contributed by atoms with Crippen molar-refractivity contribution in [2.24, 2.45) is 0 Å². The normalized spacial score (nSPS) is 34.0. The van der Waals surface area contributed by atoms with Crippen molar-refractivity contribution in [2.45, 2.75) is 149 Å². The molecule has 0 radical (unpaired) electrons. The summed E-state index contributed by atoms with van der Waals surface area (Å²) in [4.78, 5) is 47.5. The summed E-state index contributed by atoms with van der Waals surface area (Å²) in [6, 6.07) is -4.35. The number of hydrogen-bond donors (Lipinski definition) is 15. The SMILES string of the molecule is C=C(C)C(=O)OCCC[Si](OC)(OC)OC.CC(=O)N[C@@H]1[C@@H](O)[C@H](O[C@@H]2O[C@H](C(=O)O)[C@@H](O[C@@H]3O[C@H](CO)[C@@H](O[C@H]4O[C@@H](C(=O)O)[C@H](O)[C@@H](O)[C@@H]4OS(=O)(=O)O)[C@H](OS(=O)(=O)O)[C@H]3NS(=O)(=O)O)[C@H](O)[C@H]2OS(=O)(=O)O)[C@H](COS(=O)(=O)O)O[C@H]1O. The molecule has 502 valence electrons. The third-order valence-electron chi connectivity index (χ3n) is 11.8. The van der Waals surface area contributed by atoms with E-state index in [0.29, 0.717) is 24.6 Å². The second kappa shape index (κ2) is 31.5. The molecule has 0 aromatic rings. The van der Waals surface area contributed by atoms with Gasteiger partial charge >= 0.3 is 78.6 Å². The number of aliphatic hydroxyl groups excluding tert-OH is 6. The highest BCUT2D eigenvalue weighted by Gasteiger charge is 2.60. The first-order chi connectivity index (χ1) is 39.3. The molecule has 4 fully saturated rings. The number of ether oxygens (including phenoxy) is 8. The van der Waals surface area contributed by atoms with Crippen molar-refractivity contribution in [1.29, 1.82) is 0 Å². The van der Waals surface area contributed by atoms with Crippen LogP contribution in [0.25, 0.3) is 0 Å². The Kier molecular flexibility index (Phi) is 28.1. The van der Waals surface area contributed by atoms with Gasteiger partial charge in [0.15, 0.2) is 49.6 Å². The summed E-state index contributed by atoms with van der Waals surface area (Å²) in [6.07, 6.45) is -48.4. The molecule has 1 amide bonds. The highest BCUT2D eigenvalue weighted by molar-refractivity contribution is 7.83. The summed E-state index contributed by atoms with van der Waals surface area (Å²) in [7, 11) is -27.0. The molecular weight excluding hydrogens is 1320 g/mol. The first-order valence-electron chi connectivity index (χ1n) is 23.5. The molecule has 0 aliphatic carbocycles. The van der Waals surface area contributed by atoms with E-state index in [-0.39, 0.29) is 5.97 Å². The van der Waals surface area contributed by atoms with Gasteiger partial charge in [0.25, 0.3) is 0 Å². The number of aliphatic hydroxyl groups is 6. The van der Waals surface area contributed by atoms with Crippen LogP contribution >= 0.6 is 0 Å². The molecule has 4 aliphatic rings. The number of esters is 1. The van der Waals surface area contributed by atoms with Crippen molar-refractivity contribution in [3.05, 3.63) is 12.2 Å². The average molecular weight is 1380 g/mol. The second-order valence-corrected chi connectivity index (χ2v) is 26.4. The molecule has 4 saturated heterocycles. The number of nitrogens with one attached hydrogen (secondary N) is 2. The van der Waals surface area contributed by atoms with E-state index in [4.69, 9.17) is 55.7 Å². The maximum atomic E-state index is 12.7. The third kappa shape index (κ3) is 22.8. The van der Waals surface area contributed by atoms with E-state index >= 15 is 0 Å². The minimum absolute atomic E-state index is 0.316. The van der Waals surface area contributed by atoms with Crippen LogP contribution in [0.5, 0.6) is 0 Å². The largest absolute Gasteiger partial charge is 0.500 e. The van der Waals surface area contributed by atoms with E-state index in [9.17, 15) is 120 Å². The van der Waals surface area contributed by atoms with Crippen LogP contribution in [-0.2, 0) is 139 Å². The summed E-state index contributed by atoms with van der Waals surface area (Å²) in [5.41, 5.74) is 0.397. The predicted molar refractivity (Wildman–Crippen MR) is 263 cm³/mol. The number of carboxylic acids is 2. The molecule has 4 aliphatic heterocycles. The Labute approximate surface area is 487 Å². The Hall–Kier alpha value is -3.45. The minimum Gasteiger partial charge on any atom is -0.479 e. The summed E-state index contributed by atoms with van der Waals surface area (Å²) in [5.74, 6) is -5.86. The molecule has 0 aromatic carbocycles. The van der Waals surface area contributed by atoms with Gasteiger partial charge in [0.2, 0.25) is 5.91 Å². The smallest absolute Gasteiger partial charge is 0.479 e. The summed E-state index contributed by atoms with van der Waals surface area (Å²) in [5, 5.41) is 86.0. The summed E-state index contributed by atoms with van der Waals surface area (Å²) >= 11 is 0. The van der Waals surface area contributed by atoms with Crippen LogP contribution in [-0.4, -0.2) is 302 Å². The Morgan fingerprint density at radius 3 is 1.48 bits per heavy atom. The van der Waals surface area contributed by atoms with E-state index in [1.807, 2.05) is 5.32 Å². The monoisotopic (exact) mass is 1380 g/mol. The fraction of sp³-hybridized carbons (Fsp3) is 0.833. The second-order valence-electron chi connectivity index (χ2n) is 17.9. The molecule has 4 heterocycles. The first kappa shape index (κ1) is 76.8. The van der Waals surface area contributed by atoms with Gasteiger partial charge in [-0.2, -0.15) is 46.8 Å². The van der Waals surface area contributed by atoms with Crippen LogP contribution in [0.15, 0.2) is 12.2 Å². The molecule has 0 saturated carbocycles. The van der Waals surface area contributed by atoms with Gasteiger partial charge in [0.1, 0.15) is 73.1 Å². The molecular formula is C36H62N2O42S5Si. The molecule has 50 heteroatoms. The van der Waals surface area contributed by atoms with Crippen LogP contribution in [0.2, 0.25) is 6.04 Å². The van der Waals surface area contributed by atoms with Gasteiger partial charge in [-0.1, -0.05) is 6.58 Å². The zero-order chi connectivity index (χ0) is 66.0. The van der Waals surface area contributed by atoms with Crippen LogP contribution in [0, 0.1) is 0 Å². The molecule has 44 nitrogen and oxygen atoms in total. The van der Waals surface area contributed by atoms with Gasteiger partial charge < -0.3 is 97.3 Å². The predicted octanol–water partition coefficient (Wildman–Crippen LogP) is -9.34.